The van der Waals surface area contributed by atoms with Crippen molar-refractivity contribution in [1.82, 2.24) is 0 Å². The molecule has 9 heteroatoms. The topological polar surface area (TPSA) is 145 Å². The minimum Gasteiger partial charge on any atom is -0.472 e. The number of ether oxygens (including phenoxy) is 1. The SMILES string of the molecule is C.C.C.C.C.C.C.C.CC(C)C.CC(C)CC(=O)C(C)(C)C.CC(C)CC(=O)CC(C)(C)C.CC(C)CC(=O)CC1CCCC1.CC(C)CC(=O)Cc1ccccc1.CC(C)CC(=O)c1ccccc1.CC(C)CC(=O)c1ccoc1.CC(C)CO.COCC(C)C. The number of aliphatic hydroxyl groups is 1. The number of aliphatic hydroxyl groups excluding tert-OH is 1. The van der Waals surface area contributed by atoms with Crippen LogP contribution in [0.4, 0.5) is 0 Å². The predicted octanol–water partition coefficient (Wildman–Crippen LogP) is 25.8. The normalized spacial score (nSPS) is 10.9. The first kappa shape index (κ1) is 118. The summed E-state index contributed by atoms with van der Waals surface area (Å²) in [5.74, 6) is 7.52. The van der Waals surface area contributed by atoms with E-state index in [0.29, 0.717) is 121 Å². The van der Waals surface area contributed by atoms with E-state index in [1.54, 1.807) is 13.2 Å². The van der Waals surface area contributed by atoms with Crippen LogP contribution >= 0.6 is 0 Å². The van der Waals surface area contributed by atoms with Gasteiger partial charge in [0.15, 0.2) is 11.6 Å². The quantitative estimate of drug-likeness (QED) is 0.0972. The Morgan fingerprint density at radius 1 is 0.467 bits per heavy atom. The Bertz CT molecular complexity index is 2020. The van der Waals surface area contributed by atoms with E-state index in [1.165, 1.54) is 38.2 Å². The number of rotatable bonds is 22. The zero-order valence-corrected chi connectivity index (χ0v) is 59.1. The highest BCUT2D eigenvalue weighted by Crippen LogP contribution is 2.28. The van der Waals surface area contributed by atoms with Crippen molar-refractivity contribution in [3.8, 4) is 0 Å². The number of benzene rings is 2. The summed E-state index contributed by atoms with van der Waals surface area (Å²) in [5, 5.41) is 8.14. The highest BCUT2D eigenvalue weighted by atomic mass is 16.5. The van der Waals surface area contributed by atoms with Gasteiger partial charge in [-0.2, -0.15) is 0 Å². The molecule has 0 radical (unpaired) electrons. The van der Waals surface area contributed by atoms with Crippen LogP contribution in [0, 0.1) is 70.0 Å². The lowest BCUT2D eigenvalue weighted by Crippen LogP contribution is -2.21. The summed E-state index contributed by atoms with van der Waals surface area (Å²) in [6.45, 7) is 53.0. The van der Waals surface area contributed by atoms with Crippen LogP contribution in [-0.4, -0.2) is 60.1 Å². The molecular formula is C83H164O9. The highest BCUT2D eigenvalue weighted by molar-refractivity contribution is 5.96. The molecular weight excluding hydrogens is 1140 g/mol. The smallest absolute Gasteiger partial charge is 0.166 e. The number of carbonyl (C=O) groups excluding carboxylic acids is 6. The zero-order chi connectivity index (χ0) is 66.2. The largest absolute Gasteiger partial charge is 0.472 e. The summed E-state index contributed by atoms with van der Waals surface area (Å²) in [4.78, 5) is 68.1. The molecule has 4 rings (SSSR count). The second-order valence-electron chi connectivity index (χ2n) is 29.0. The molecule has 1 heterocycles. The van der Waals surface area contributed by atoms with Gasteiger partial charge in [-0.3, -0.25) is 28.8 Å². The molecule has 3 aromatic rings. The number of furan rings is 1. The fraction of sp³-hybridized carbons (Fsp3) is 0.735. The number of ketones is 6. The van der Waals surface area contributed by atoms with Crippen molar-refractivity contribution in [2.24, 2.45) is 70.0 Å². The molecule has 550 valence electrons. The molecule has 1 fully saturated rings. The van der Waals surface area contributed by atoms with E-state index in [4.69, 9.17) is 14.3 Å². The molecule has 1 aliphatic carbocycles. The Labute approximate surface area is 577 Å². The summed E-state index contributed by atoms with van der Waals surface area (Å²) in [6.07, 6.45) is 14.6. The number of hydrogen-bond acceptors (Lipinski definition) is 9. The minimum absolute atomic E-state index is 0. The molecule has 1 aromatic heterocycles. The van der Waals surface area contributed by atoms with E-state index in [-0.39, 0.29) is 81.8 Å². The zero-order valence-electron chi connectivity index (χ0n) is 59.1. The van der Waals surface area contributed by atoms with Gasteiger partial charge in [0.1, 0.15) is 29.4 Å². The first-order valence-corrected chi connectivity index (χ1v) is 32.0. The Morgan fingerprint density at radius 3 is 1.10 bits per heavy atom. The predicted molar refractivity (Wildman–Crippen MR) is 414 cm³/mol. The standard InChI is InChI=1S/C12H16O.C11H20O.C11H14O.C10H20O.C9H12O2.C9H18O.C5H12O.C4H10O.C4H10.8CH4/c1-10(2)8-12(13)9-11-6-4-3-5-7-11;1-9(2)7-11(12)8-10-5-3-4-6-10;1-9(2)8-11(12)10-6-4-3-5-7-10;1-8(2)6-9(11)7-10(3,4)5;1-7(2)5-9(10)8-3-4-11-6-8;1-7(2)6-8(10)9(3,4)5;1-5(2)4-6-3;1-4(2)3-5;1-4(2)3;;;;;;;;/h3-7,10H,8-9H2,1-2H3;9-10H,3-8H2,1-2H3;3-7,9H,8H2,1-2H3;8H,6-7H2,1-5H3;3-4,6-7H,5H2,1-2H3;7H,6H2,1-5H3;5H,4H2,1-3H3;4-5H,3H2,1-2H3;4H,1-3H3;8*1H4. The average molecular weight is 1310 g/mol. The lowest BCUT2D eigenvalue weighted by Gasteiger charge is -2.17. The third-order valence-electron chi connectivity index (χ3n) is 11.3. The van der Waals surface area contributed by atoms with E-state index in [1.807, 2.05) is 109 Å². The molecule has 0 unspecified atom stereocenters. The minimum atomic E-state index is -0.149. The maximum atomic E-state index is 11.5. The average Bonchev–Trinajstić information content (AvgIpc) is 4.12. The first-order chi connectivity index (χ1) is 38.7. The first-order valence-electron chi connectivity index (χ1n) is 32.0. The maximum Gasteiger partial charge on any atom is 0.166 e. The fourth-order valence-corrected chi connectivity index (χ4v) is 7.58. The summed E-state index contributed by atoms with van der Waals surface area (Å²) < 4.78 is 9.60. The summed E-state index contributed by atoms with van der Waals surface area (Å²) in [5.41, 5.74) is 2.63. The molecule has 92 heavy (non-hydrogen) atoms. The van der Waals surface area contributed by atoms with Crippen LogP contribution in [0.1, 0.15) is 336 Å². The van der Waals surface area contributed by atoms with Crippen LogP contribution in [0.3, 0.4) is 0 Å². The second kappa shape index (κ2) is 71.0. The van der Waals surface area contributed by atoms with Crippen molar-refractivity contribution < 1.29 is 43.0 Å². The van der Waals surface area contributed by atoms with Gasteiger partial charge in [0.25, 0.3) is 0 Å². The Balaban J connectivity index is -0.0000000698. The summed E-state index contributed by atoms with van der Waals surface area (Å²) >= 11 is 0. The third-order valence-corrected chi connectivity index (χ3v) is 11.3. The molecule has 1 saturated carbocycles. The number of Topliss-reactive ketones (excluding diaryl/α,β-unsaturated/α-hetero) is 6. The molecule has 2 aromatic carbocycles. The van der Waals surface area contributed by atoms with Crippen LogP contribution in [0.15, 0.2) is 83.7 Å². The van der Waals surface area contributed by atoms with Gasteiger partial charge in [-0.1, -0.05) is 319 Å². The van der Waals surface area contributed by atoms with Crippen molar-refractivity contribution >= 4 is 34.7 Å². The molecule has 0 bridgehead atoms. The second-order valence-corrected chi connectivity index (χ2v) is 29.0. The van der Waals surface area contributed by atoms with Crippen LogP contribution in [-0.2, 0) is 30.3 Å². The molecule has 0 saturated heterocycles. The van der Waals surface area contributed by atoms with Gasteiger partial charge in [0.05, 0.1) is 11.8 Å². The molecule has 1 aliphatic rings. The monoisotopic (exact) mass is 1310 g/mol. The Hall–Kier alpha value is -4.34. The Morgan fingerprint density at radius 2 is 0.815 bits per heavy atom. The van der Waals surface area contributed by atoms with Gasteiger partial charge in [0.2, 0.25) is 0 Å². The van der Waals surface area contributed by atoms with Crippen molar-refractivity contribution in [3.05, 3.63) is 95.9 Å². The van der Waals surface area contributed by atoms with Crippen LogP contribution in [0.25, 0.3) is 0 Å². The van der Waals surface area contributed by atoms with Crippen LogP contribution in [0.5, 0.6) is 0 Å². The van der Waals surface area contributed by atoms with E-state index >= 15 is 0 Å². The van der Waals surface area contributed by atoms with Crippen molar-refractivity contribution in [1.29, 1.82) is 0 Å². The van der Waals surface area contributed by atoms with Crippen LogP contribution < -0.4 is 0 Å². The maximum absolute atomic E-state index is 11.5. The molecule has 0 atom stereocenters. The molecule has 0 aliphatic heterocycles. The lowest BCUT2D eigenvalue weighted by atomic mass is 9.86. The van der Waals surface area contributed by atoms with Gasteiger partial charge < -0.3 is 14.3 Å². The molecule has 1 N–H and O–H groups in total. The van der Waals surface area contributed by atoms with E-state index < -0.39 is 0 Å². The van der Waals surface area contributed by atoms with E-state index in [0.717, 1.165) is 48.8 Å². The van der Waals surface area contributed by atoms with E-state index in [2.05, 4.69) is 125 Å². The Kier molecular flexibility index (Phi) is 91.1. The van der Waals surface area contributed by atoms with Gasteiger partial charge in [0, 0.05) is 89.1 Å². The summed E-state index contributed by atoms with van der Waals surface area (Å²) in [6, 6.07) is 21.1. The molecule has 0 amide bonds. The van der Waals surface area contributed by atoms with Gasteiger partial charge >= 0.3 is 0 Å². The molecule has 9 nitrogen and oxygen atoms in total. The van der Waals surface area contributed by atoms with Gasteiger partial charge in [-0.05, 0) is 76.2 Å². The van der Waals surface area contributed by atoms with Crippen molar-refractivity contribution in [3.63, 3.8) is 0 Å². The van der Waals surface area contributed by atoms with Gasteiger partial charge in [-0.15, -0.1) is 0 Å². The molecule has 0 spiro atoms. The van der Waals surface area contributed by atoms with Crippen molar-refractivity contribution in [2.75, 3.05) is 20.3 Å². The highest BCUT2D eigenvalue weighted by Gasteiger charge is 2.22. The van der Waals surface area contributed by atoms with E-state index in [9.17, 15) is 28.8 Å². The number of methoxy groups -OCH3 is 1. The number of hydrogen-bond donors (Lipinski definition) is 1. The van der Waals surface area contributed by atoms with Crippen LogP contribution in [0.2, 0.25) is 0 Å². The lowest BCUT2D eigenvalue weighted by molar-refractivity contribution is -0.127. The van der Waals surface area contributed by atoms with Crippen molar-refractivity contribution in [2.45, 2.75) is 316 Å². The number of carbonyl (C=O) groups is 6. The van der Waals surface area contributed by atoms with Gasteiger partial charge in [-0.25, -0.2) is 0 Å². The third kappa shape index (κ3) is 92.1. The fourth-order valence-electron chi connectivity index (χ4n) is 7.58. The summed E-state index contributed by atoms with van der Waals surface area (Å²) in [7, 11) is 1.72.